The molecule has 0 radical (unpaired) electrons. The van der Waals surface area contributed by atoms with Crippen LogP contribution in [0.25, 0.3) is 0 Å². The van der Waals surface area contributed by atoms with Gasteiger partial charge in [-0.25, -0.2) is 4.98 Å². The summed E-state index contributed by atoms with van der Waals surface area (Å²) in [4.78, 5) is 35.6. The van der Waals surface area contributed by atoms with Gasteiger partial charge in [0.2, 0.25) is 0 Å². The van der Waals surface area contributed by atoms with Gasteiger partial charge in [-0.3, -0.25) is 19.3 Å². The zero-order valence-corrected chi connectivity index (χ0v) is 17.8. The van der Waals surface area contributed by atoms with Gasteiger partial charge in [0, 0.05) is 38.6 Å². The Bertz CT molecular complexity index is 893. The smallest absolute Gasteiger partial charge is 0.274 e. The number of carbonyl (C=O) groups excluding carboxylic acids is 2. The third-order valence-corrected chi connectivity index (χ3v) is 6.22. The Morgan fingerprint density at radius 3 is 2.50 bits per heavy atom. The molecule has 8 nitrogen and oxygen atoms in total. The van der Waals surface area contributed by atoms with E-state index < -0.39 is 0 Å². The number of likely N-dealkylation sites (tertiary alicyclic amines) is 1. The summed E-state index contributed by atoms with van der Waals surface area (Å²) >= 11 is 0. The lowest BCUT2D eigenvalue weighted by Gasteiger charge is -2.31. The lowest BCUT2D eigenvalue weighted by molar-refractivity contribution is 0.0683. The van der Waals surface area contributed by atoms with Crippen LogP contribution >= 0.6 is 0 Å². The topological polar surface area (TPSA) is 93.0 Å². The van der Waals surface area contributed by atoms with Crippen molar-refractivity contribution < 1.29 is 9.59 Å². The van der Waals surface area contributed by atoms with Crippen LogP contribution in [0.5, 0.6) is 0 Å². The molecule has 1 saturated carbocycles. The first-order valence-electron chi connectivity index (χ1n) is 10.9. The molecule has 0 unspecified atom stereocenters. The second kappa shape index (κ2) is 8.93. The second-order valence-corrected chi connectivity index (χ2v) is 8.60. The fourth-order valence-electron chi connectivity index (χ4n) is 4.49. The van der Waals surface area contributed by atoms with Crippen LogP contribution in [0, 0.1) is 12.8 Å². The van der Waals surface area contributed by atoms with Gasteiger partial charge < -0.3 is 10.2 Å². The molecule has 1 N–H and O–H groups in total. The molecule has 1 saturated heterocycles. The summed E-state index contributed by atoms with van der Waals surface area (Å²) in [6.45, 7) is 3.23. The summed E-state index contributed by atoms with van der Waals surface area (Å²) in [5, 5.41) is 7.74. The van der Waals surface area contributed by atoms with E-state index in [4.69, 9.17) is 0 Å². The van der Waals surface area contributed by atoms with E-state index in [-0.39, 0.29) is 11.8 Å². The summed E-state index contributed by atoms with van der Waals surface area (Å²) < 4.78 is 1.73. The molecule has 2 fully saturated rings. The van der Waals surface area contributed by atoms with E-state index in [1.807, 2.05) is 25.1 Å². The number of carbonyl (C=O) groups is 2. The quantitative estimate of drug-likeness (QED) is 0.816. The minimum atomic E-state index is -0.0598. The first-order chi connectivity index (χ1) is 14.5. The van der Waals surface area contributed by atoms with Crippen molar-refractivity contribution in [1.29, 1.82) is 0 Å². The van der Waals surface area contributed by atoms with E-state index in [1.54, 1.807) is 17.1 Å². The van der Waals surface area contributed by atoms with E-state index >= 15 is 0 Å². The molecule has 3 heterocycles. The van der Waals surface area contributed by atoms with E-state index in [0.29, 0.717) is 36.3 Å². The molecule has 2 aliphatic rings. The van der Waals surface area contributed by atoms with Crippen molar-refractivity contribution >= 4 is 11.8 Å². The second-order valence-electron chi connectivity index (χ2n) is 8.60. The highest BCUT2D eigenvalue weighted by Crippen LogP contribution is 2.24. The minimum absolute atomic E-state index is 0.00411. The molecule has 4 rings (SSSR count). The average Bonchev–Trinajstić information content (AvgIpc) is 3.38. The van der Waals surface area contributed by atoms with Crippen molar-refractivity contribution in [3.8, 4) is 0 Å². The van der Waals surface area contributed by atoms with Crippen molar-refractivity contribution in [1.82, 2.24) is 30.0 Å². The normalized spacial score (nSPS) is 18.0. The highest BCUT2D eigenvalue weighted by Gasteiger charge is 2.27. The predicted molar refractivity (Wildman–Crippen MR) is 112 cm³/mol. The van der Waals surface area contributed by atoms with Gasteiger partial charge in [0.05, 0.1) is 23.1 Å². The number of piperidine rings is 1. The maximum Gasteiger partial charge on any atom is 0.274 e. The number of rotatable bonds is 5. The van der Waals surface area contributed by atoms with Gasteiger partial charge in [-0.1, -0.05) is 12.8 Å². The van der Waals surface area contributed by atoms with Crippen molar-refractivity contribution in [2.75, 3.05) is 13.1 Å². The van der Waals surface area contributed by atoms with Crippen LogP contribution < -0.4 is 5.32 Å². The van der Waals surface area contributed by atoms with Crippen LogP contribution in [0.15, 0.2) is 18.6 Å². The molecule has 2 amide bonds. The monoisotopic (exact) mass is 410 g/mol. The van der Waals surface area contributed by atoms with Crippen LogP contribution in [0.2, 0.25) is 0 Å². The fraction of sp³-hybridized carbons (Fsp3) is 0.591. The highest BCUT2D eigenvalue weighted by molar-refractivity contribution is 5.95. The average molecular weight is 411 g/mol. The number of amides is 2. The van der Waals surface area contributed by atoms with Gasteiger partial charge in [0.25, 0.3) is 11.8 Å². The number of aryl methyl sites for hydroxylation is 2. The number of aromatic nitrogens is 4. The Morgan fingerprint density at radius 2 is 1.83 bits per heavy atom. The van der Waals surface area contributed by atoms with E-state index in [9.17, 15) is 9.59 Å². The molecule has 0 spiro atoms. The van der Waals surface area contributed by atoms with E-state index in [2.05, 4.69) is 20.4 Å². The van der Waals surface area contributed by atoms with Gasteiger partial charge >= 0.3 is 0 Å². The van der Waals surface area contributed by atoms with Gasteiger partial charge in [0.1, 0.15) is 5.69 Å². The van der Waals surface area contributed by atoms with Crippen LogP contribution in [-0.2, 0) is 13.5 Å². The number of hydrogen-bond donors (Lipinski definition) is 1. The van der Waals surface area contributed by atoms with Gasteiger partial charge in [-0.05, 0) is 44.9 Å². The molecule has 1 aliphatic heterocycles. The van der Waals surface area contributed by atoms with Gasteiger partial charge in [-0.2, -0.15) is 5.10 Å². The number of nitrogens with zero attached hydrogens (tertiary/aromatic N) is 5. The Kier molecular flexibility index (Phi) is 6.11. The SMILES string of the molecule is Cc1cnc(C(=O)N2CCC(Cc3nn(C)cc3C(=O)NC3CCCC3)CC2)cn1. The molecular formula is C22H30N6O2. The number of nitrogens with one attached hydrogen (secondary N) is 1. The van der Waals surface area contributed by atoms with Gasteiger partial charge in [-0.15, -0.1) is 0 Å². The summed E-state index contributed by atoms with van der Waals surface area (Å²) in [5.74, 6) is 0.344. The third kappa shape index (κ3) is 4.68. The molecule has 0 aromatic carbocycles. The molecule has 0 atom stereocenters. The Morgan fingerprint density at radius 1 is 1.10 bits per heavy atom. The molecule has 160 valence electrons. The van der Waals surface area contributed by atoms with Crippen molar-refractivity contribution in [3.63, 3.8) is 0 Å². The lowest BCUT2D eigenvalue weighted by Crippen LogP contribution is -2.39. The van der Waals surface area contributed by atoms with Crippen molar-refractivity contribution in [2.24, 2.45) is 13.0 Å². The molecule has 2 aromatic heterocycles. The van der Waals surface area contributed by atoms with Crippen LogP contribution in [0.3, 0.4) is 0 Å². The Hall–Kier alpha value is -2.77. The molecule has 1 aliphatic carbocycles. The van der Waals surface area contributed by atoms with Crippen LogP contribution in [0.4, 0.5) is 0 Å². The van der Waals surface area contributed by atoms with Crippen molar-refractivity contribution in [3.05, 3.63) is 41.2 Å². The summed E-state index contributed by atoms with van der Waals surface area (Å²) in [7, 11) is 1.86. The zero-order valence-electron chi connectivity index (χ0n) is 17.8. The van der Waals surface area contributed by atoms with E-state index in [1.165, 1.54) is 12.8 Å². The highest BCUT2D eigenvalue weighted by atomic mass is 16.2. The Balaban J connectivity index is 1.34. The van der Waals surface area contributed by atoms with Crippen LogP contribution in [0.1, 0.15) is 70.8 Å². The molecule has 0 bridgehead atoms. The predicted octanol–water partition coefficient (Wildman–Crippen LogP) is 2.29. The van der Waals surface area contributed by atoms with Crippen molar-refractivity contribution in [2.45, 2.75) is 57.9 Å². The van der Waals surface area contributed by atoms with Gasteiger partial charge in [0.15, 0.2) is 0 Å². The lowest BCUT2D eigenvalue weighted by atomic mass is 9.91. The van der Waals surface area contributed by atoms with E-state index in [0.717, 1.165) is 43.5 Å². The fourth-order valence-corrected chi connectivity index (χ4v) is 4.49. The zero-order chi connectivity index (χ0) is 21.1. The molecule has 30 heavy (non-hydrogen) atoms. The largest absolute Gasteiger partial charge is 0.349 e. The summed E-state index contributed by atoms with van der Waals surface area (Å²) in [6, 6.07) is 0.296. The maximum atomic E-state index is 12.8. The maximum absolute atomic E-state index is 12.8. The molecule has 2 aromatic rings. The third-order valence-electron chi connectivity index (χ3n) is 6.22. The standard InChI is InChI=1S/C22H30N6O2/c1-15-12-24-20(13-23-15)22(30)28-9-7-16(8-10-28)11-19-18(14-27(2)26-19)21(29)25-17-5-3-4-6-17/h12-14,16-17H,3-11H2,1-2H3,(H,25,29). The van der Waals surface area contributed by atoms with Crippen LogP contribution in [-0.4, -0.2) is 55.6 Å². The number of hydrogen-bond acceptors (Lipinski definition) is 5. The summed E-state index contributed by atoms with van der Waals surface area (Å²) in [6.07, 6.45) is 12.1. The summed E-state index contributed by atoms with van der Waals surface area (Å²) in [5.41, 5.74) is 2.75. The molecule has 8 heteroatoms. The minimum Gasteiger partial charge on any atom is -0.349 e. The first-order valence-corrected chi connectivity index (χ1v) is 10.9. The first kappa shape index (κ1) is 20.5. The Labute approximate surface area is 177 Å². The molecular weight excluding hydrogens is 380 g/mol.